The van der Waals surface area contributed by atoms with Crippen molar-refractivity contribution in [3.63, 3.8) is 0 Å². The normalized spacial score (nSPS) is 10.5. The summed E-state index contributed by atoms with van der Waals surface area (Å²) in [5.74, 6) is 0.683. The summed E-state index contributed by atoms with van der Waals surface area (Å²) >= 11 is 0. The van der Waals surface area contributed by atoms with Crippen molar-refractivity contribution in [2.24, 2.45) is 0 Å². The molecule has 7 heteroatoms. The lowest BCUT2D eigenvalue weighted by atomic mass is 10.2. The molecule has 2 N–H and O–H groups in total. The molecule has 0 unspecified atom stereocenters. The molecule has 0 saturated carbocycles. The number of nitrogens with zero attached hydrogens (tertiary/aromatic N) is 2. The van der Waals surface area contributed by atoms with Crippen molar-refractivity contribution in [3.05, 3.63) is 54.6 Å². The number of rotatable bonds is 6. The van der Waals surface area contributed by atoms with Gasteiger partial charge in [0.15, 0.2) is 0 Å². The molecular formula is C18H17FN4O2. The van der Waals surface area contributed by atoms with Crippen LogP contribution in [0.25, 0.3) is 10.9 Å². The molecular weight excluding hydrogens is 323 g/mol. The number of anilines is 2. The van der Waals surface area contributed by atoms with Crippen LogP contribution in [0.1, 0.15) is 6.92 Å². The van der Waals surface area contributed by atoms with Gasteiger partial charge in [-0.3, -0.25) is 4.79 Å². The van der Waals surface area contributed by atoms with Crippen LogP contribution in [0.4, 0.5) is 15.9 Å². The molecule has 6 nitrogen and oxygen atoms in total. The van der Waals surface area contributed by atoms with E-state index in [9.17, 15) is 9.18 Å². The molecule has 0 atom stereocenters. The standard InChI is InChI=1S/C18H17FN4O2/c1-12(24)23-13-4-2-5-14(10-13)25-9-8-20-18-15-6-3-7-16(19)17(15)21-11-22-18/h2-7,10-11H,8-9H2,1H3,(H,23,24)(H,20,21,22). The Labute approximate surface area is 144 Å². The van der Waals surface area contributed by atoms with Gasteiger partial charge in [-0.1, -0.05) is 12.1 Å². The van der Waals surface area contributed by atoms with Crippen LogP contribution in [-0.4, -0.2) is 29.0 Å². The second kappa shape index (κ2) is 7.57. The van der Waals surface area contributed by atoms with Crippen molar-refractivity contribution in [2.75, 3.05) is 23.8 Å². The number of hydrogen-bond donors (Lipinski definition) is 2. The molecule has 1 heterocycles. The fraction of sp³-hybridized carbons (Fsp3) is 0.167. The molecule has 0 aliphatic carbocycles. The van der Waals surface area contributed by atoms with E-state index in [1.54, 1.807) is 36.4 Å². The maximum absolute atomic E-state index is 13.7. The van der Waals surface area contributed by atoms with Crippen molar-refractivity contribution >= 4 is 28.3 Å². The Bertz CT molecular complexity index is 901. The van der Waals surface area contributed by atoms with Crippen LogP contribution in [0.2, 0.25) is 0 Å². The summed E-state index contributed by atoms with van der Waals surface area (Å²) in [4.78, 5) is 19.2. The van der Waals surface area contributed by atoms with Gasteiger partial charge in [0.25, 0.3) is 0 Å². The number of nitrogens with one attached hydrogen (secondary N) is 2. The molecule has 0 spiro atoms. The maximum Gasteiger partial charge on any atom is 0.221 e. The van der Waals surface area contributed by atoms with E-state index in [-0.39, 0.29) is 17.2 Å². The minimum Gasteiger partial charge on any atom is -0.492 e. The van der Waals surface area contributed by atoms with Crippen LogP contribution in [0.15, 0.2) is 48.8 Å². The van der Waals surface area contributed by atoms with Gasteiger partial charge < -0.3 is 15.4 Å². The van der Waals surface area contributed by atoms with Crippen molar-refractivity contribution in [2.45, 2.75) is 6.92 Å². The number of halogens is 1. The molecule has 25 heavy (non-hydrogen) atoms. The van der Waals surface area contributed by atoms with Crippen LogP contribution in [-0.2, 0) is 4.79 Å². The smallest absolute Gasteiger partial charge is 0.221 e. The summed E-state index contributed by atoms with van der Waals surface area (Å²) in [5.41, 5.74) is 0.958. The van der Waals surface area contributed by atoms with Gasteiger partial charge in [-0.15, -0.1) is 0 Å². The Morgan fingerprint density at radius 3 is 2.88 bits per heavy atom. The van der Waals surface area contributed by atoms with Gasteiger partial charge in [0.05, 0.1) is 6.54 Å². The third-order valence-electron chi connectivity index (χ3n) is 3.43. The van der Waals surface area contributed by atoms with Crippen molar-refractivity contribution in [1.29, 1.82) is 0 Å². The van der Waals surface area contributed by atoms with Crippen LogP contribution in [0.5, 0.6) is 5.75 Å². The average molecular weight is 340 g/mol. The number of hydrogen-bond acceptors (Lipinski definition) is 5. The molecule has 0 aliphatic heterocycles. The lowest BCUT2D eigenvalue weighted by Crippen LogP contribution is -2.13. The Morgan fingerprint density at radius 2 is 2.04 bits per heavy atom. The van der Waals surface area contributed by atoms with Crippen LogP contribution < -0.4 is 15.4 Å². The molecule has 128 valence electrons. The Balaban J connectivity index is 1.59. The number of ether oxygens (including phenoxy) is 1. The number of carbonyl (C=O) groups excluding carboxylic acids is 1. The second-order valence-electron chi connectivity index (χ2n) is 5.34. The van der Waals surface area contributed by atoms with Crippen molar-refractivity contribution in [1.82, 2.24) is 9.97 Å². The Morgan fingerprint density at radius 1 is 1.20 bits per heavy atom. The van der Waals surface area contributed by atoms with E-state index < -0.39 is 0 Å². The van der Waals surface area contributed by atoms with E-state index in [2.05, 4.69) is 20.6 Å². The van der Waals surface area contributed by atoms with E-state index in [1.807, 2.05) is 0 Å². The lowest BCUT2D eigenvalue weighted by Gasteiger charge is -2.11. The highest BCUT2D eigenvalue weighted by molar-refractivity contribution is 5.89. The third kappa shape index (κ3) is 4.20. The highest BCUT2D eigenvalue weighted by Crippen LogP contribution is 2.21. The Kier molecular flexibility index (Phi) is 5.03. The van der Waals surface area contributed by atoms with Crippen molar-refractivity contribution < 1.29 is 13.9 Å². The van der Waals surface area contributed by atoms with E-state index >= 15 is 0 Å². The molecule has 3 rings (SSSR count). The first-order chi connectivity index (χ1) is 12.1. The SMILES string of the molecule is CC(=O)Nc1cccc(OCCNc2ncnc3c(F)cccc23)c1. The number of para-hydroxylation sites is 1. The zero-order valence-electron chi connectivity index (χ0n) is 13.6. The number of amides is 1. The summed E-state index contributed by atoms with van der Waals surface area (Å²) in [6, 6.07) is 11.9. The maximum atomic E-state index is 13.7. The monoisotopic (exact) mass is 340 g/mol. The molecule has 1 aromatic heterocycles. The molecule has 0 bridgehead atoms. The molecule has 0 radical (unpaired) electrons. The molecule has 1 amide bonds. The van der Waals surface area contributed by atoms with Gasteiger partial charge >= 0.3 is 0 Å². The lowest BCUT2D eigenvalue weighted by molar-refractivity contribution is -0.114. The predicted octanol–water partition coefficient (Wildman–Crippen LogP) is 3.22. The van der Waals surface area contributed by atoms with Crippen LogP contribution in [0.3, 0.4) is 0 Å². The summed E-state index contributed by atoms with van der Waals surface area (Å²) in [6.45, 7) is 2.31. The number of benzene rings is 2. The topological polar surface area (TPSA) is 76.1 Å². The van der Waals surface area contributed by atoms with Crippen LogP contribution >= 0.6 is 0 Å². The zero-order chi connectivity index (χ0) is 17.6. The van der Waals surface area contributed by atoms with Gasteiger partial charge in [0, 0.05) is 24.1 Å². The largest absolute Gasteiger partial charge is 0.492 e. The third-order valence-corrected chi connectivity index (χ3v) is 3.43. The van der Waals surface area contributed by atoms with Crippen molar-refractivity contribution in [3.8, 4) is 5.75 Å². The number of aromatic nitrogens is 2. The van der Waals surface area contributed by atoms with Gasteiger partial charge in [0.1, 0.15) is 35.8 Å². The minimum absolute atomic E-state index is 0.137. The van der Waals surface area contributed by atoms with E-state index in [4.69, 9.17) is 4.74 Å². The molecule has 0 saturated heterocycles. The molecule has 0 fully saturated rings. The molecule has 3 aromatic rings. The van der Waals surface area contributed by atoms with E-state index in [0.29, 0.717) is 35.8 Å². The fourth-order valence-electron chi connectivity index (χ4n) is 2.40. The zero-order valence-corrected chi connectivity index (χ0v) is 13.6. The van der Waals surface area contributed by atoms with Gasteiger partial charge in [0.2, 0.25) is 5.91 Å². The molecule has 2 aromatic carbocycles. The highest BCUT2D eigenvalue weighted by Gasteiger charge is 2.06. The first kappa shape index (κ1) is 16.6. The minimum atomic E-state index is -0.381. The fourth-order valence-corrected chi connectivity index (χ4v) is 2.40. The quantitative estimate of drug-likeness (QED) is 0.674. The van der Waals surface area contributed by atoms with Gasteiger partial charge in [-0.2, -0.15) is 0 Å². The predicted molar refractivity (Wildman–Crippen MR) is 94.2 cm³/mol. The molecule has 0 aliphatic rings. The second-order valence-corrected chi connectivity index (χ2v) is 5.34. The highest BCUT2D eigenvalue weighted by atomic mass is 19.1. The summed E-state index contributed by atoms with van der Waals surface area (Å²) < 4.78 is 19.4. The summed E-state index contributed by atoms with van der Waals surface area (Å²) in [5, 5.41) is 6.44. The van der Waals surface area contributed by atoms with Gasteiger partial charge in [-0.25, -0.2) is 14.4 Å². The Hall–Kier alpha value is -3.22. The first-order valence-electron chi connectivity index (χ1n) is 7.77. The van der Waals surface area contributed by atoms with E-state index in [1.165, 1.54) is 19.3 Å². The number of fused-ring (bicyclic) bond motifs is 1. The average Bonchev–Trinajstić information content (AvgIpc) is 2.59. The van der Waals surface area contributed by atoms with Crippen LogP contribution in [0, 0.1) is 5.82 Å². The first-order valence-corrected chi connectivity index (χ1v) is 7.77. The van der Waals surface area contributed by atoms with E-state index in [0.717, 1.165) is 0 Å². The summed E-state index contributed by atoms with van der Waals surface area (Å²) in [7, 11) is 0. The number of carbonyl (C=O) groups is 1. The van der Waals surface area contributed by atoms with Gasteiger partial charge in [-0.05, 0) is 24.3 Å². The summed E-state index contributed by atoms with van der Waals surface area (Å²) in [6.07, 6.45) is 1.32.